The van der Waals surface area contributed by atoms with Gasteiger partial charge < -0.3 is 15.1 Å². The van der Waals surface area contributed by atoms with Crippen LogP contribution in [0.1, 0.15) is 116 Å². The van der Waals surface area contributed by atoms with E-state index in [4.69, 9.17) is 24.2 Å². The van der Waals surface area contributed by atoms with Crippen molar-refractivity contribution >= 4 is 75.1 Å². The predicted octanol–water partition coefficient (Wildman–Crippen LogP) is 7.76. The Balaban J connectivity index is 1.67. The molecule has 2 unspecified atom stereocenters. The Labute approximate surface area is 418 Å². The van der Waals surface area contributed by atoms with Gasteiger partial charge >= 0.3 is 5.97 Å². The first-order chi connectivity index (χ1) is 32.6. The van der Waals surface area contributed by atoms with Crippen LogP contribution in [0.25, 0.3) is 0 Å². The van der Waals surface area contributed by atoms with Crippen molar-refractivity contribution in [2.75, 3.05) is 50.9 Å². The number of aliphatic hydroxyl groups excluding tert-OH is 1. The molecule has 2 atom stereocenters. The third kappa shape index (κ3) is 12.9. The molecule has 3 N–H and O–H groups in total. The second-order valence-corrected chi connectivity index (χ2v) is 26.0. The average molecular weight is 1070 g/mol. The van der Waals surface area contributed by atoms with Crippen molar-refractivity contribution in [2.24, 2.45) is 0 Å². The molecular weight excluding hydrogens is 1010 g/mol. The molecule has 70 heavy (non-hydrogen) atoms. The van der Waals surface area contributed by atoms with Gasteiger partial charge in [0, 0.05) is 64.5 Å². The highest BCUT2D eigenvalue weighted by atomic mass is 35.5. The molecule has 0 saturated carbocycles. The number of unbranched alkanes of at least 4 members (excludes halogenated alkanes) is 2. The molecule has 2 aliphatic heterocycles. The molecule has 0 radical (unpaired) electrons. The summed E-state index contributed by atoms with van der Waals surface area (Å²) in [6, 6.07) is 9.02. The zero-order valence-electron chi connectivity index (χ0n) is 40.7. The predicted molar refractivity (Wildman–Crippen MR) is 268 cm³/mol. The van der Waals surface area contributed by atoms with E-state index in [1.807, 2.05) is 56.9 Å². The van der Waals surface area contributed by atoms with Gasteiger partial charge in [0.25, 0.3) is 40.5 Å². The summed E-state index contributed by atoms with van der Waals surface area (Å²) in [4.78, 5) is 12.9. The highest BCUT2D eigenvalue weighted by molar-refractivity contribution is 7.87. The molecule has 5 rings (SSSR count). The maximum atomic E-state index is 13.0. The molecule has 0 amide bonds. The number of hydrogen-bond donors (Lipinski definition) is 3. The van der Waals surface area contributed by atoms with Crippen molar-refractivity contribution in [3.05, 3.63) is 93.7 Å². The number of anilines is 1. The summed E-state index contributed by atoms with van der Waals surface area (Å²) in [5, 5.41) is 20.0. The quantitative estimate of drug-likeness (QED) is 0.0372. The molecule has 0 bridgehead atoms. The van der Waals surface area contributed by atoms with E-state index in [0.29, 0.717) is 84.7 Å². The first-order valence-corrected chi connectivity index (χ1v) is 29.4. The maximum Gasteiger partial charge on any atom is 0.303 e. The van der Waals surface area contributed by atoms with Crippen LogP contribution in [0.5, 0.6) is 0 Å². The molecule has 388 valence electrons. The number of halogens is 1. The number of carboxylic acid groups (broad SMARTS) is 1. The number of allylic oxidation sites excluding steroid dienone is 8. The minimum atomic E-state index is -4.63. The Morgan fingerprint density at radius 3 is 2.00 bits per heavy atom. The summed E-state index contributed by atoms with van der Waals surface area (Å²) in [5.41, 5.74) is 2.79. The van der Waals surface area contributed by atoms with Gasteiger partial charge in [0.2, 0.25) is 5.69 Å². The number of aliphatic carboxylic acids is 1. The van der Waals surface area contributed by atoms with Gasteiger partial charge in [-0.2, -0.15) is 38.2 Å². The lowest BCUT2D eigenvalue weighted by molar-refractivity contribution is -0.438. The summed E-state index contributed by atoms with van der Waals surface area (Å²) >= 11 is 7.33. The second kappa shape index (κ2) is 22.6. The van der Waals surface area contributed by atoms with Gasteiger partial charge in [-0.25, -0.2) is 0 Å². The molecule has 2 aromatic carbocycles. The van der Waals surface area contributed by atoms with Gasteiger partial charge in [-0.15, -0.1) is 0 Å². The summed E-state index contributed by atoms with van der Waals surface area (Å²) in [5.74, 6) is -1.50. The molecule has 3 aliphatic rings. The van der Waals surface area contributed by atoms with Gasteiger partial charge in [0.15, 0.2) is 5.71 Å². The first-order valence-electron chi connectivity index (χ1n) is 23.0. The van der Waals surface area contributed by atoms with Crippen LogP contribution in [0.15, 0.2) is 92.4 Å². The monoisotopic (exact) mass is 1070 g/mol. The maximum absolute atomic E-state index is 13.0. The van der Waals surface area contributed by atoms with Crippen LogP contribution in [0, 0.1) is 0 Å². The van der Waals surface area contributed by atoms with Crippen LogP contribution < -0.4 is 4.90 Å². The number of benzene rings is 2. The fourth-order valence-corrected chi connectivity index (χ4v) is 12.7. The summed E-state index contributed by atoms with van der Waals surface area (Å²) < 4.78 is 128. The SMILES string of the molecule is COS(=O)(=O)CCCC1(C)C(/C=C/C2=C(Cl)C(=C/C=C3/N(C(C)(C)CCO)c4ccc(S(=O)(=O)O)cc4C3(C)CCCS(=O)(=O)OC)/CCC2)=[N+](CCCCCC(=O)O)c2ccc(S(=O)(=O)OC)cc21. The van der Waals surface area contributed by atoms with Gasteiger partial charge in [0.1, 0.15) is 6.54 Å². The fraction of sp³-hybridized carbons (Fsp3) is 0.542. The number of rotatable bonds is 25. The van der Waals surface area contributed by atoms with Gasteiger partial charge in [-0.3, -0.25) is 21.9 Å². The van der Waals surface area contributed by atoms with Crippen molar-refractivity contribution in [2.45, 2.75) is 131 Å². The van der Waals surface area contributed by atoms with Crippen molar-refractivity contribution < 1.29 is 70.4 Å². The number of fused-ring (bicyclic) bond motifs is 2. The number of carbonyl (C=O) groups is 1. The smallest absolute Gasteiger partial charge is 0.303 e. The van der Waals surface area contributed by atoms with Crippen molar-refractivity contribution in [1.82, 2.24) is 0 Å². The van der Waals surface area contributed by atoms with Crippen LogP contribution in [-0.2, 0) is 68.6 Å². The van der Waals surface area contributed by atoms with Gasteiger partial charge in [-0.05, 0) is 145 Å². The number of carboxylic acids is 1. The average Bonchev–Trinajstić information content (AvgIpc) is 3.67. The normalized spacial score (nSPS) is 21.4. The molecule has 2 aromatic rings. The minimum absolute atomic E-state index is 0.00842. The van der Waals surface area contributed by atoms with E-state index in [-0.39, 0.29) is 60.0 Å². The Kier molecular flexibility index (Phi) is 18.4. The molecular formula is C48H66ClN2O15S4+. The first kappa shape index (κ1) is 57.1. The lowest BCUT2D eigenvalue weighted by Crippen LogP contribution is -2.45. The summed E-state index contributed by atoms with van der Waals surface area (Å²) in [6.07, 6.45) is 12.2. The van der Waals surface area contributed by atoms with Gasteiger partial charge in [0.05, 0.1) is 48.0 Å². The van der Waals surface area contributed by atoms with Crippen molar-refractivity contribution in [3.8, 4) is 0 Å². The molecule has 1 aliphatic carbocycles. The molecule has 0 saturated heterocycles. The third-order valence-corrected chi connectivity index (χ3v) is 18.9. The number of nitrogens with zero attached hydrogens (tertiary/aromatic N) is 2. The van der Waals surface area contributed by atoms with E-state index < -0.39 is 62.8 Å². The summed E-state index contributed by atoms with van der Waals surface area (Å²) in [6.45, 7) is 7.94. The van der Waals surface area contributed by atoms with E-state index in [0.717, 1.165) is 38.2 Å². The van der Waals surface area contributed by atoms with Crippen molar-refractivity contribution in [1.29, 1.82) is 0 Å². The summed E-state index contributed by atoms with van der Waals surface area (Å²) in [7, 11) is -13.2. The van der Waals surface area contributed by atoms with Crippen LogP contribution in [0.2, 0.25) is 0 Å². The fourth-order valence-electron chi connectivity index (χ4n) is 9.83. The van der Waals surface area contributed by atoms with E-state index in [2.05, 4.69) is 4.58 Å². The number of aliphatic hydroxyl groups is 1. The third-order valence-electron chi connectivity index (χ3n) is 13.7. The molecule has 22 heteroatoms. The zero-order chi connectivity index (χ0) is 52.1. The lowest BCUT2D eigenvalue weighted by atomic mass is 9.75. The van der Waals surface area contributed by atoms with Crippen LogP contribution in [0.3, 0.4) is 0 Å². The van der Waals surface area contributed by atoms with Crippen molar-refractivity contribution in [3.63, 3.8) is 0 Å². The molecule has 0 spiro atoms. The lowest BCUT2D eigenvalue weighted by Gasteiger charge is -2.41. The van der Waals surface area contributed by atoms with Crippen LogP contribution in [0.4, 0.5) is 11.4 Å². The highest BCUT2D eigenvalue weighted by Crippen LogP contribution is 2.54. The topological polar surface area (TPSA) is 248 Å². The molecule has 0 aromatic heterocycles. The van der Waals surface area contributed by atoms with Gasteiger partial charge in [-0.1, -0.05) is 23.8 Å². The molecule has 0 fully saturated rings. The molecule has 17 nitrogen and oxygen atoms in total. The van der Waals surface area contributed by atoms with E-state index in [9.17, 15) is 53.2 Å². The van der Waals surface area contributed by atoms with E-state index >= 15 is 0 Å². The Morgan fingerprint density at radius 1 is 0.800 bits per heavy atom. The Bertz CT molecular complexity index is 2940. The van der Waals surface area contributed by atoms with Crippen LogP contribution >= 0.6 is 11.6 Å². The Hall–Kier alpha value is -3.77. The Morgan fingerprint density at radius 2 is 1.41 bits per heavy atom. The number of hydrogen-bond acceptors (Lipinski definition) is 14. The highest BCUT2D eigenvalue weighted by Gasteiger charge is 2.50. The second-order valence-electron chi connectivity index (χ2n) is 18.8. The van der Waals surface area contributed by atoms with E-state index in [1.54, 1.807) is 18.2 Å². The molecule has 2 heterocycles. The van der Waals surface area contributed by atoms with Crippen LogP contribution in [-0.4, -0.2) is 116 Å². The standard InChI is InChI=1S/C48H65ClN2O15S4/c1-46(2,27-29-52)51-41-22-19-36(69(59,60)61)32-39(41)48(4,26-13-31-68(57,58)65-6)43(51)24-18-35-15-11-14-34(45(35)49)17-23-42-47(3,25-12-30-67(55,56)64-5)38-33-37(70(62,63)66-7)20-21-40(38)50(42)28-10-8-9-16-44(53)54/h17-24,32-33,52H,8-16,25-31H2,1-7H3,(H-,53,54,59,60,61)/p+1. The minimum Gasteiger partial charge on any atom is -0.481 e. The largest absolute Gasteiger partial charge is 0.481 e. The zero-order valence-corrected chi connectivity index (χ0v) is 44.8. The van der Waals surface area contributed by atoms with E-state index in [1.165, 1.54) is 18.2 Å².